The Labute approximate surface area is 309 Å². The van der Waals surface area contributed by atoms with Crippen molar-refractivity contribution in [2.24, 2.45) is 0 Å². The molecular weight excluding hydrogens is 657 g/mol. The van der Waals surface area contributed by atoms with Crippen LogP contribution in [0, 0.1) is 0 Å². The normalized spacial score (nSPS) is 12.1. The molecule has 0 unspecified atom stereocenters. The summed E-state index contributed by atoms with van der Waals surface area (Å²) < 4.78 is 4.62. The van der Waals surface area contributed by atoms with Crippen molar-refractivity contribution >= 4 is 76.7 Å². The van der Waals surface area contributed by atoms with Gasteiger partial charge in [-0.2, -0.15) is 0 Å². The Morgan fingerprint density at radius 3 is 1.02 bits per heavy atom. The Balaban J connectivity index is 0.911. The molecule has 4 heterocycles. The first-order valence-corrected chi connectivity index (χ1v) is 18.4. The smallest absolute Gasteiger partial charge is 0.146 e. The molecule has 4 aromatic heterocycles. The zero-order valence-corrected chi connectivity index (χ0v) is 29.1. The molecule has 0 aliphatic rings. The van der Waals surface area contributed by atoms with Crippen LogP contribution in [0.5, 0.6) is 0 Å². The average molecular weight is 687 g/mol. The maximum absolute atomic E-state index is 5.12. The quantitative estimate of drug-likeness (QED) is 0.173. The maximum atomic E-state index is 5.12. The van der Waals surface area contributed by atoms with Crippen molar-refractivity contribution in [3.63, 3.8) is 0 Å². The molecule has 0 saturated carbocycles. The van der Waals surface area contributed by atoms with Crippen LogP contribution in [-0.4, -0.2) is 18.8 Å². The maximum Gasteiger partial charge on any atom is 0.146 e. The topological polar surface area (TPSA) is 34.6 Å². The Morgan fingerprint density at radius 1 is 0.259 bits per heavy atom. The first-order valence-electron chi connectivity index (χ1n) is 18.4. The van der Waals surface area contributed by atoms with E-state index in [9.17, 15) is 0 Å². The van der Waals surface area contributed by atoms with E-state index in [-0.39, 0.29) is 0 Å². The summed E-state index contributed by atoms with van der Waals surface area (Å²) in [6.45, 7) is 0. The predicted octanol–water partition coefficient (Wildman–Crippen LogP) is 12.9. The van der Waals surface area contributed by atoms with Crippen LogP contribution < -0.4 is 0 Å². The highest BCUT2D eigenvalue weighted by molar-refractivity contribution is 6.16. The largest absolute Gasteiger partial charge is 0.292 e. The predicted molar refractivity (Wildman–Crippen MR) is 225 cm³/mol. The van der Waals surface area contributed by atoms with E-state index in [2.05, 4.69) is 191 Å². The van der Waals surface area contributed by atoms with Gasteiger partial charge in [0.2, 0.25) is 0 Å². The monoisotopic (exact) mass is 686 g/mol. The Hall–Kier alpha value is -7.30. The summed E-state index contributed by atoms with van der Waals surface area (Å²) in [5, 5.41) is 7.21. The fourth-order valence-corrected chi connectivity index (χ4v) is 8.69. The lowest BCUT2D eigenvalue weighted by Crippen LogP contribution is -1.92. The number of para-hydroxylation sites is 6. The molecule has 4 nitrogen and oxygen atoms in total. The zero-order chi connectivity index (χ0) is 35.3. The van der Waals surface area contributed by atoms with Crippen LogP contribution in [0.15, 0.2) is 182 Å². The second-order valence-electron chi connectivity index (χ2n) is 14.2. The van der Waals surface area contributed by atoms with E-state index < -0.39 is 0 Å². The summed E-state index contributed by atoms with van der Waals surface area (Å²) in [6, 6.07) is 65.6. The minimum Gasteiger partial charge on any atom is -0.292 e. The first kappa shape index (κ1) is 29.3. The Bertz CT molecular complexity index is 3240. The summed E-state index contributed by atoms with van der Waals surface area (Å²) in [6.07, 6.45) is 0. The van der Waals surface area contributed by atoms with Crippen molar-refractivity contribution in [1.29, 1.82) is 0 Å². The lowest BCUT2D eigenvalue weighted by Gasteiger charge is -2.12. The number of pyridine rings is 2. The van der Waals surface area contributed by atoms with Crippen molar-refractivity contribution < 1.29 is 0 Å². The highest BCUT2D eigenvalue weighted by Crippen LogP contribution is 2.37. The molecule has 0 N–H and O–H groups in total. The summed E-state index contributed by atoms with van der Waals surface area (Å²) in [4.78, 5) is 10.2. The summed E-state index contributed by atoms with van der Waals surface area (Å²) in [5.41, 5.74) is 15.7. The molecule has 0 amide bonds. The van der Waals surface area contributed by atoms with Crippen LogP contribution in [0.25, 0.3) is 110 Å². The standard InChI is InChI=1S/C50H30N4/c1-5-13-45-39(9-1)37-27-25-35(29-41(37)49-51-43-11-3-7-15-47(43)53(45)49)33-21-17-31(18-22-33)32-19-23-34(24-20-32)36-26-28-38-40-10-2-6-14-46(40)54-48-16-8-4-12-44(48)52-50(54)42(38)30-36/h1-30H. The molecule has 0 fully saturated rings. The van der Waals surface area contributed by atoms with Crippen LogP contribution in [-0.2, 0) is 0 Å². The summed E-state index contributed by atoms with van der Waals surface area (Å²) >= 11 is 0. The van der Waals surface area contributed by atoms with Crippen LogP contribution in [0.1, 0.15) is 0 Å². The number of imidazole rings is 2. The molecule has 0 aliphatic heterocycles. The SMILES string of the molecule is c1ccc2c(c1)nc1c3cc(-c4ccc(-c5ccc(-c6ccc7c8ccccc8n8c9ccccc9nc8c7c6)cc5)cc4)ccc3c3ccccc3n21. The Kier molecular flexibility index (Phi) is 6.02. The summed E-state index contributed by atoms with van der Waals surface area (Å²) in [5.74, 6) is 0. The van der Waals surface area contributed by atoms with Crippen molar-refractivity contribution in [3.05, 3.63) is 182 Å². The van der Waals surface area contributed by atoms with Gasteiger partial charge in [0.25, 0.3) is 0 Å². The third-order valence-corrected chi connectivity index (χ3v) is 11.3. The van der Waals surface area contributed by atoms with E-state index in [0.717, 1.165) is 44.1 Å². The zero-order valence-electron chi connectivity index (χ0n) is 29.1. The fourth-order valence-electron chi connectivity index (χ4n) is 8.69. The number of nitrogens with zero attached hydrogens (tertiary/aromatic N) is 4. The lowest BCUT2D eigenvalue weighted by atomic mass is 9.95. The first-order chi connectivity index (χ1) is 26.8. The van der Waals surface area contributed by atoms with Crippen molar-refractivity contribution in [3.8, 4) is 33.4 Å². The third-order valence-electron chi connectivity index (χ3n) is 11.3. The van der Waals surface area contributed by atoms with Gasteiger partial charge in [0.05, 0.1) is 33.1 Å². The second-order valence-corrected chi connectivity index (χ2v) is 14.2. The van der Waals surface area contributed by atoms with Crippen molar-refractivity contribution in [2.75, 3.05) is 0 Å². The molecule has 0 atom stereocenters. The second kappa shape index (κ2) is 11.1. The van der Waals surface area contributed by atoms with E-state index in [0.29, 0.717) is 0 Å². The van der Waals surface area contributed by atoms with Gasteiger partial charge in [-0.1, -0.05) is 133 Å². The number of rotatable bonds is 3. The van der Waals surface area contributed by atoms with E-state index in [1.54, 1.807) is 0 Å². The van der Waals surface area contributed by atoms with Crippen molar-refractivity contribution in [2.45, 2.75) is 0 Å². The summed E-state index contributed by atoms with van der Waals surface area (Å²) in [7, 11) is 0. The molecule has 0 saturated heterocycles. The molecule has 0 radical (unpaired) electrons. The van der Waals surface area contributed by atoms with Gasteiger partial charge >= 0.3 is 0 Å². The van der Waals surface area contributed by atoms with Crippen LogP contribution in [0.2, 0.25) is 0 Å². The van der Waals surface area contributed by atoms with Crippen LogP contribution in [0.4, 0.5) is 0 Å². The molecule has 0 bridgehead atoms. The average Bonchev–Trinajstić information content (AvgIpc) is 3.84. The fraction of sp³-hybridized carbons (Fsp3) is 0. The van der Waals surface area contributed by atoms with Crippen LogP contribution in [0.3, 0.4) is 0 Å². The molecule has 250 valence electrons. The van der Waals surface area contributed by atoms with Gasteiger partial charge in [-0.25, -0.2) is 9.97 Å². The number of hydrogen-bond acceptors (Lipinski definition) is 2. The molecular formula is C50H30N4. The van der Waals surface area contributed by atoms with E-state index in [1.165, 1.54) is 66.0 Å². The van der Waals surface area contributed by atoms with Gasteiger partial charge < -0.3 is 0 Å². The van der Waals surface area contributed by atoms with E-state index in [1.807, 2.05) is 0 Å². The molecule has 0 aliphatic carbocycles. The molecule has 12 aromatic rings. The van der Waals surface area contributed by atoms with Gasteiger partial charge in [-0.15, -0.1) is 0 Å². The molecule has 0 spiro atoms. The molecule has 8 aromatic carbocycles. The molecule has 12 rings (SSSR count). The van der Waals surface area contributed by atoms with Gasteiger partial charge in [-0.3, -0.25) is 8.80 Å². The number of fused-ring (bicyclic) bond motifs is 16. The number of hydrogen-bond donors (Lipinski definition) is 0. The number of aromatic nitrogens is 4. The minimum absolute atomic E-state index is 0.992. The van der Waals surface area contributed by atoms with E-state index >= 15 is 0 Å². The van der Waals surface area contributed by atoms with Gasteiger partial charge in [0, 0.05) is 21.5 Å². The Morgan fingerprint density at radius 2 is 0.593 bits per heavy atom. The molecule has 54 heavy (non-hydrogen) atoms. The van der Waals surface area contributed by atoms with Crippen LogP contribution >= 0.6 is 0 Å². The minimum atomic E-state index is 0.992. The highest BCUT2D eigenvalue weighted by atomic mass is 15.0. The van der Waals surface area contributed by atoms with E-state index in [4.69, 9.17) is 9.97 Å². The molecule has 4 heteroatoms. The third kappa shape index (κ3) is 4.19. The lowest BCUT2D eigenvalue weighted by molar-refractivity contribution is 1.31. The van der Waals surface area contributed by atoms with Crippen molar-refractivity contribution in [1.82, 2.24) is 18.8 Å². The number of benzene rings is 8. The van der Waals surface area contributed by atoms with Gasteiger partial charge in [-0.05, 0) is 92.7 Å². The highest BCUT2D eigenvalue weighted by Gasteiger charge is 2.16. The van der Waals surface area contributed by atoms with Gasteiger partial charge in [0.1, 0.15) is 11.3 Å². The van der Waals surface area contributed by atoms with Gasteiger partial charge in [0.15, 0.2) is 0 Å².